The lowest BCUT2D eigenvalue weighted by Gasteiger charge is -2.28. The van der Waals surface area contributed by atoms with Crippen LogP contribution in [0.2, 0.25) is 0 Å². The first kappa shape index (κ1) is 8.68. The van der Waals surface area contributed by atoms with Gasteiger partial charge in [-0.15, -0.1) is 0 Å². The predicted molar refractivity (Wildman–Crippen MR) is 52.8 cm³/mol. The molecule has 0 bridgehead atoms. The molecule has 0 radical (unpaired) electrons. The van der Waals surface area contributed by atoms with Crippen LogP contribution < -0.4 is 10.6 Å². The Morgan fingerprint density at radius 3 is 2.36 bits per heavy atom. The molecule has 1 unspecified atom stereocenters. The monoisotopic (exact) mass is 195 g/mol. The second-order valence-corrected chi connectivity index (χ2v) is 4.59. The van der Waals surface area contributed by atoms with E-state index in [4.69, 9.17) is 0 Å². The number of hydrogen-bond acceptors (Lipinski definition) is 3. The van der Waals surface area contributed by atoms with Gasteiger partial charge in [0, 0.05) is 32.1 Å². The Hall–Kier alpha value is -0.610. The Morgan fingerprint density at radius 2 is 1.71 bits per heavy atom. The van der Waals surface area contributed by atoms with Crippen LogP contribution in [0.15, 0.2) is 0 Å². The smallest absolute Gasteiger partial charge is 0.226 e. The molecule has 78 valence electrons. The first-order valence-corrected chi connectivity index (χ1v) is 5.58. The van der Waals surface area contributed by atoms with E-state index < -0.39 is 0 Å². The Morgan fingerprint density at radius 1 is 1.07 bits per heavy atom. The van der Waals surface area contributed by atoms with Crippen molar-refractivity contribution in [2.45, 2.75) is 0 Å². The van der Waals surface area contributed by atoms with Crippen LogP contribution in [0.1, 0.15) is 0 Å². The number of hydrogen-bond donors (Lipinski definition) is 2. The largest absolute Gasteiger partial charge is 0.340 e. The summed E-state index contributed by atoms with van der Waals surface area (Å²) < 4.78 is 0. The van der Waals surface area contributed by atoms with E-state index in [2.05, 4.69) is 10.6 Å². The second-order valence-electron chi connectivity index (χ2n) is 4.59. The molecule has 1 saturated carbocycles. The first-order chi connectivity index (χ1) is 6.88. The fraction of sp³-hybridized carbons (Fsp3) is 0.900. The maximum absolute atomic E-state index is 12.0. The van der Waals surface area contributed by atoms with Gasteiger partial charge in [-0.05, 0) is 24.9 Å². The summed E-state index contributed by atoms with van der Waals surface area (Å²) in [5, 5.41) is 6.60. The highest BCUT2D eigenvalue weighted by atomic mass is 16.2. The third-order valence-corrected chi connectivity index (χ3v) is 3.81. The SMILES string of the molecule is O=C(C1[C@H]2CNC[C@@H]12)N1CCNCC1. The van der Waals surface area contributed by atoms with Crippen LogP contribution in [-0.4, -0.2) is 50.1 Å². The Balaban J connectivity index is 1.60. The van der Waals surface area contributed by atoms with Crippen LogP contribution >= 0.6 is 0 Å². The average molecular weight is 195 g/mol. The van der Waals surface area contributed by atoms with Crippen LogP contribution in [0.4, 0.5) is 0 Å². The van der Waals surface area contributed by atoms with Crippen molar-refractivity contribution in [3.63, 3.8) is 0 Å². The fourth-order valence-corrected chi connectivity index (χ4v) is 2.88. The number of piperidine rings is 1. The van der Waals surface area contributed by atoms with Crippen LogP contribution in [0, 0.1) is 17.8 Å². The zero-order chi connectivity index (χ0) is 9.54. The molecule has 0 aromatic heterocycles. The van der Waals surface area contributed by atoms with Gasteiger partial charge in [0.15, 0.2) is 0 Å². The average Bonchev–Trinajstić information content (AvgIpc) is 2.72. The third-order valence-electron chi connectivity index (χ3n) is 3.81. The van der Waals surface area contributed by atoms with Crippen molar-refractivity contribution in [2.24, 2.45) is 17.8 Å². The molecule has 2 N–H and O–H groups in total. The minimum absolute atomic E-state index is 0.370. The molecule has 3 fully saturated rings. The molecule has 2 saturated heterocycles. The van der Waals surface area contributed by atoms with Gasteiger partial charge >= 0.3 is 0 Å². The number of fused-ring (bicyclic) bond motifs is 1. The Bertz CT molecular complexity index is 236. The van der Waals surface area contributed by atoms with Gasteiger partial charge in [-0.2, -0.15) is 0 Å². The molecule has 3 aliphatic rings. The molecule has 0 aromatic carbocycles. The molecular formula is C10H17N3O. The number of carbonyl (C=O) groups is 1. The summed E-state index contributed by atoms with van der Waals surface area (Å²) in [7, 11) is 0. The van der Waals surface area contributed by atoms with Gasteiger partial charge in [0.1, 0.15) is 0 Å². The predicted octanol–water partition coefficient (Wildman–Crippen LogP) is -1.12. The zero-order valence-electron chi connectivity index (χ0n) is 8.33. The van der Waals surface area contributed by atoms with E-state index in [-0.39, 0.29) is 0 Å². The van der Waals surface area contributed by atoms with Crippen LogP contribution in [0.3, 0.4) is 0 Å². The molecule has 0 aromatic rings. The summed E-state index contributed by atoms with van der Waals surface area (Å²) in [6.07, 6.45) is 0. The van der Waals surface area contributed by atoms with E-state index in [1.165, 1.54) is 0 Å². The van der Waals surface area contributed by atoms with Gasteiger partial charge in [-0.3, -0.25) is 4.79 Å². The quantitative estimate of drug-likeness (QED) is 0.557. The van der Waals surface area contributed by atoms with Crippen molar-refractivity contribution in [2.75, 3.05) is 39.3 Å². The molecule has 0 spiro atoms. The summed E-state index contributed by atoms with van der Waals surface area (Å²) in [5.74, 6) is 2.12. The molecule has 2 aliphatic heterocycles. The van der Waals surface area contributed by atoms with Crippen molar-refractivity contribution in [3.05, 3.63) is 0 Å². The van der Waals surface area contributed by atoms with Crippen LogP contribution in [-0.2, 0) is 4.79 Å². The summed E-state index contributed by atoms with van der Waals surface area (Å²) in [5.41, 5.74) is 0. The summed E-state index contributed by atoms with van der Waals surface area (Å²) in [6, 6.07) is 0. The van der Waals surface area contributed by atoms with Crippen molar-refractivity contribution < 1.29 is 4.79 Å². The highest BCUT2D eigenvalue weighted by molar-refractivity contribution is 5.82. The lowest BCUT2D eigenvalue weighted by atomic mass is 10.2. The number of piperazine rings is 1. The lowest BCUT2D eigenvalue weighted by Crippen LogP contribution is -2.47. The summed E-state index contributed by atoms with van der Waals surface area (Å²) >= 11 is 0. The van der Waals surface area contributed by atoms with Gasteiger partial charge < -0.3 is 15.5 Å². The Labute approximate surface area is 84.0 Å². The van der Waals surface area contributed by atoms with Crippen molar-refractivity contribution >= 4 is 5.91 Å². The van der Waals surface area contributed by atoms with E-state index in [0.717, 1.165) is 39.3 Å². The maximum atomic E-state index is 12.0. The fourth-order valence-electron chi connectivity index (χ4n) is 2.88. The molecule has 3 rings (SSSR count). The number of nitrogens with one attached hydrogen (secondary N) is 2. The number of amides is 1. The second kappa shape index (κ2) is 3.21. The lowest BCUT2D eigenvalue weighted by molar-refractivity contribution is -0.133. The first-order valence-electron chi connectivity index (χ1n) is 5.58. The maximum Gasteiger partial charge on any atom is 0.226 e. The van der Waals surface area contributed by atoms with Crippen molar-refractivity contribution in [1.29, 1.82) is 0 Å². The third kappa shape index (κ3) is 1.25. The van der Waals surface area contributed by atoms with Gasteiger partial charge in [0.05, 0.1) is 0 Å². The highest BCUT2D eigenvalue weighted by Gasteiger charge is 2.57. The minimum atomic E-state index is 0.370. The zero-order valence-corrected chi connectivity index (χ0v) is 8.33. The number of nitrogens with zero attached hydrogens (tertiary/aromatic N) is 1. The van der Waals surface area contributed by atoms with E-state index in [1.54, 1.807) is 0 Å². The van der Waals surface area contributed by atoms with E-state index in [9.17, 15) is 4.79 Å². The van der Waals surface area contributed by atoms with E-state index in [1.807, 2.05) is 4.90 Å². The normalized spacial score (nSPS) is 40.9. The van der Waals surface area contributed by atoms with Gasteiger partial charge in [0.2, 0.25) is 5.91 Å². The number of carbonyl (C=O) groups excluding carboxylic acids is 1. The molecule has 1 aliphatic carbocycles. The van der Waals surface area contributed by atoms with Crippen molar-refractivity contribution in [1.82, 2.24) is 15.5 Å². The van der Waals surface area contributed by atoms with Crippen LogP contribution in [0.5, 0.6) is 0 Å². The Kier molecular flexibility index (Phi) is 1.99. The highest BCUT2D eigenvalue weighted by Crippen LogP contribution is 2.49. The molecule has 4 nitrogen and oxygen atoms in total. The molecule has 1 amide bonds. The molecule has 4 heteroatoms. The topological polar surface area (TPSA) is 44.4 Å². The molecule has 2 heterocycles. The summed E-state index contributed by atoms with van der Waals surface area (Å²) in [6.45, 7) is 5.86. The van der Waals surface area contributed by atoms with Gasteiger partial charge in [0.25, 0.3) is 0 Å². The van der Waals surface area contributed by atoms with E-state index >= 15 is 0 Å². The van der Waals surface area contributed by atoms with Crippen molar-refractivity contribution in [3.8, 4) is 0 Å². The molecule has 14 heavy (non-hydrogen) atoms. The minimum Gasteiger partial charge on any atom is -0.340 e. The van der Waals surface area contributed by atoms with E-state index in [0.29, 0.717) is 23.7 Å². The molecule has 3 atom stereocenters. The van der Waals surface area contributed by atoms with Crippen LogP contribution in [0.25, 0.3) is 0 Å². The van der Waals surface area contributed by atoms with Gasteiger partial charge in [-0.25, -0.2) is 0 Å². The summed E-state index contributed by atoms with van der Waals surface area (Å²) in [4.78, 5) is 14.1. The van der Waals surface area contributed by atoms with Gasteiger partial charge in [-0.1, -0.05) is 0 Å². The molecular weight excluding hydrogens is 178 g/mol. The standard InChI is InChI=1S/C10H17N3O/c14-10(13-3-1-11-2-4-13)9-7-5-12-6-8(7)9/h7-9,11-12H,1-6H2/t7-,8+,9?. The number of rotatable bonds is 1.